The van der Waals surface area contributed by atoms with Gasteiger partial charge in [0.2, 0.25) is 0 Å². The summed E-state index contributed by atoms with van der Waals surface area (Å²) >= 11 is 0. The monoisotopic (exact) mass is 143 g/mol. The van der Waals surface area contributed by atoms with E-state index in [2.05, 4.69) is 13.5 Å². The molecule has 0 aromatic rings. The van der Waals surface area contributed by atoms with Gasteiger partial charge in [-0.15, -0.1) is 6.58 Å². The van der Waals surface area contributed by atoms with Gasteiger partial charge in [-0.3, -0.25) is 0 Å². The number of nitrogens with two attached hydrogens (primary N) is 1. The molecule has 0 fully saturated rings. The molecule has 0 aromatic heterocycles. The predicted molar refractivity (Wildman–Crippen MR) is 43.7 cm³/mol. The summed E-state index contributed by atoms with van der Waals surface area (Å²) in [4.78, 5) is 0. The van der Waals surface area contributed by atoms with Gasteiger partial charge in [0.25, 0.3) is 0 Å². The molecule has 0 heterocycles. The minimum Gasteiger partial charge on any atom is -0.387 e. The summed E-state index contributed by atoms with van der Waals surface area (Å²) < 4.78 is 0. The lowest BCUT2D eigenvalue weighted by Gasteiger charge is -2.13. The first kappa shape index (κ1) is 9.66. The van der Waals surface area contributed by atoms with Crippen LogP contribution in [-0.4, -0.2) is 17.3 Å². The minimum atomic E-state index is -0.536. The summed E-state index contributed by atoms with van der Waals surface area (Å²) in [7, 11) is 0. The third kappa shape index (κ3) is 3.64. The zero-order valence-corrected chi connectivity index (χ0v) is 6.59. The quantitative estimate of drug-likeness (QED) is 0.565. The lowest BCUT2D eigenvalue weighted by molar-refractivity contribution is 0.185. The molecule has 0 radical (unpaired) electrons. The van der Waals surface area contributed by atoms with E-state index in [1.807, 2.05) is 0 Å². The molecule has 0 spiro atoms. The van der Waals surface area contributed by atoms with Crippen molar-refractivity contribution in [1.29, 1.82) is 0 Å². The summed E-state index contributed by atoms with van der Waals surface area (Å²) in [5.41, 5.74) is 5.59. The maximum absolute atomic E-state index is 9.11. The Morgan fingerprint density at radius 1 is 1.70 bits per heavy atom. The fourth-order valence-corrected chi connectivity index (χ4v) is 0.785. The van der Waals surface area contributed by atoms with E-state index < -0.39 is 6.10 Å². The molecule has 0 rings (SSSR count). The van der Waals surface area contributed by atoms with Crippen molar-refractivity contribution in [1.82, 2.24) is 0 Å². The summed E-state index contributed by atoms with van der Waals surface area (Å²) in [5, 5.41) is 9.11. The lowest BCUT2D eigenvalue weighted by atomic mass is 10.1. The Morgan fingerprint density at radius 3 is 2.70 bits per heavy atom. The molecule has 2 atom stereocenters. The zero-order valence-electron chi connectivity index (χ0n) is 6.59. The molecule has 10 heavy (non-hydrogen) atoms. The van der Waals surface area contributed by atoms with Crippen molar-refractivity contribution < 1.29 is 5.11 Å². The summed E-state index contributed by atoms with van der Waals surface area (Å²) in [6.45, 7) is 5.56. The molecule has 0 amide bonds. The highest BCUT2D eigenvalue weighted by Gasteiger charge is 2.08. The van der Waals surface area contributed by atoms with E-state index in [0.717, 1.165) is 19.3 Å². The van der Waals surface area contributed by atoms with E-state index in [9.17, 15) is 0 Å². The maximum Gasteiger partial charge on any atom is 0.0869 e. The summed E-state index contributed by atoms with van der Waals surface area (Å²) in [6.07, 6.45) is 4.03. The molecular weight excluding hydrogens is 126 g/mol. The second-order valence-corrected chi connectivity index (χ2v) is 2.53. The van der Waals surface area contributed by atoms with Gasteiger partial charge in [0.15, 0.2) is 0 Å². The van der Waals surface area contributed by atoms with E-state index in [1.54, 1.807) is 0 Å². The van der Waals surface area contributed by atoms with Gasteiger partial charge in [-0.2, -0.15) is 0 Å². The first-order valence-corrected chi connectivity index (χ1v) is 3.78. The van der Waals surface area contributed by atoms with E-state index in [4.69, 9.17) is 10.8 Å². The van der Waals surface area contributed by atoms with E-state index in [0.29, 0.717) is 0 Å². The highest BCUT2D eigenvalue weighted by atomic mass is 16.3. The Hall–Kier alpha value is -0.340. The average molecular weight is 143 g/mol. The van der Waals surface area contributed by atoms with E-state index in [-0.39, 0.29) is 6.04 Å². The van der Waals surface area contributed by atoms with Crippen LogP contribution in [0.25, 0.3) is 0 Å². The number of rotatable bonds is 5. The highest BCUT2D eigenvalue weighted by Crippen LogP contribution is 2.02. The Labute approximate surface area is 62.7 Å². The third-order valence-corrected chi connectivity index (χ3v) is 1.57. The molecule has 0 aromatic carbocycles. The number of hydrogen-bond acceptors (Lipinski definition) is 2. The van der Waals surface area contributed by atoms with Crippen LogP contribution in [0.3, 0.4) is 0 Å². The molecule has 0 aliphatic rings. The standard InChI is InChI=1S/C8H17NO/c1-3-5-6-7(9)8(10)4-2/h4,7-8,10H,2-3,5-6,9H2,1H3. The maximum atomic E-state index is 9.11. The van der Waals surface area contributed by atoms with Gasteiger partial charge >= 0.3 is 0 Å². The van der Waals surface area contributed by atoms with Crippen LogP contribution < -0.4 is 5.73 Å². The lowest BCUT2D eigenvalue weighted by Crippen LogP contribution is -2.32. The Balaban J connectivity index is 3.40. The SMILES string of the molecule is C=CC(O)C(N)CCCC. The second-order valence-electron chi connectivity index (χ2n) is 2.53. The van der Waals surface area contributed by atoms with Crippen LogP contribution >= 0.6 is 0 Å². The van der Waals surface area contributed by atoms with Crippen LogP contribution in [0, 0.1) is 0 Å². The third-order valence-electron chi connectivity index (χ3n) is 1.57. The van der Waals surface area contributed by atoms with E-state index >= 15 is 0 Å². The van der Waals surface area contributed by atoms with Crippen LogP contribution in [0.1, 0.15) is 26.2 Å². The molecule has 60 valence electrons. The molecule has 0 saturated heterocycles. The van der Waals surface area contributed by atoms with Gasteiger partial charge in [-0.25, -0.2) is 0 Å². The molecule has 0 bridgehead atoms. The van der Waals surface area contributed by atoms with Crippen LogP contribution in [0.2, 0.25) is 0 Å². The molecule has 2 nitrogen and oxygen atoms in total. The Bertz CT molecular complexity index is 93.3. The zero-order chi connectivity index (χ0) is 7.98. The van der Waals surface area contributed by atoms with Gasteiger partial charge in [-0.1, -0.05) is 25.8 Å². The Kier molecular flexibility index (Phi) is 5.26. The first-order chi connectivity index (χ1) is 4.72. The number of unbranched alkanes of at least 4 members (excludes halogenated alkanes) is 1. The molecule has 0 aliphatic carbocycles. The van der Waals surface area contributed by atoms with Crippen molar-refractivity contribution in [2.75, 3.05) is 0 Å². The topological polar surface area (TPSA) is 46.2 Å². The summed E-state index contributed by atoms with van der Waals surface area (Å²) in [6, 6.07) is -0.127. The van der Waals surface area contributed by atoms with Crippen LogP contribution in [0.4, 0.5) is 0 Å². The Morgan fingerprint density at radius 2 is 2.30 bits per heavy atom. The normalized spacial score (nSPS) is 16.3. The number of aliphatic hydroxyl groups is 1. The van der Waals surface area contributed by atoms with Gasteiger partial charge < -0.3 is 10.8 Å². The second kappa shape index (κ2) is 5.45. The molecule has 3 N–H and O–H groups in total. The van der Waals surface area contributed by atoms with Crippen molar-refractivity contribution in [2.24, 2.45) is 5.73 Å². The van der Waals surface area contributed by atoms with Crippen LogP contribution in [-0.2, 0) is 0 Å². The fraction of sp³-hybridized carbons (Fsp3) is 0.750. The van der Waals surface area contributed by atoms with Crippen molar-refractivity contribution >= 4 is 0 Å². The van der Waals surface area contributed by atoms with Crippen LogP contribution in [0.5, 0.6) is 0 Å². The molecular formula is C8H17NO. The van der Waals surface area contributed by atoms with Crippen LogP contribution in [0.15, 0.2) is 12.7 Å². The largest absolute Gasteiger partial charge is 0.387 e. The smallest absolute Gasteiger partial charge is 0.0869 e. The van der Waals surface area contributed by atoms with Gasteiger partial charge in [0.05, 0.1) is 6.10 Å². The van der Waals surface area contributed by atoms with Crippen molar-refractivity contribution in [3.63, 3.8) is 0 Å². The fourth-order valence-electron chi connectivity index (χ4n) is 0.785. The van der Waals surface area contributed by atoms with Gasteiger partial charge in [-0.05, 0) is 6.42 Å². The minimum absolute atomic E-state index is 0.127. The van der Waals surface area contributed by atoms with E-state index in [1.165, 1.54) is 6.08 Å². The van der Waals surface area contributed by atoms with Gasteiger partial charge in [0.1, 0.15) is 0 Å². The number of aliphatic hydroxyl groups excluding tert-OH is 1. The molecule has 2 heteroatoms. The molecule has 2 unspecified atom stereocenters. The van der Waals surface area contributed by atoms with Gasteiger partial charge in [0, 0.05) is 6.04 Å². The number of hydrogen-bond donors (Lipinski definition) is 2. The van der Waals surface area contributed by atoms with Crippen molar-refractivity contribution in [3.05, 3.63) is 12.7 Å². The molecule has 0 saturated carbocycles. The first-order valence-electron chi connectivity index (χ1n) is 3.78. The predicted octanol–water partition coefficient (Wildman–Crippen LogP) is 1.05. The average Bonchev–Trinajstić information content (AvgIpc) is 1.98. The van der Waals surface area contributed by atoms with Crippen molar-refractivity contribution in [2.45, 2.75) is 38.3 Å². The van der Waals surface area contributed by atoms with Crippen molar-refractivity contribution in [3.8, 4) is 0 Å². The summed E-state index contributed by atoms with van der Waals surface area (Å²) in [5.74, 6) is 0. The highest BCUT2D eigenvalue weighted by molar-refractivity contribution is 4.86. The molecule has 0 aliphatic heterocycles.